The lowest BCUT2D eigenvalue weighted by Gasteiger charge is -2.08. The van der Waals surface area contributed by atoms with Crippen molar-refractivity contribution in [2.24, 2.45) is 5.73 Å². The van der Waals surface area contributed by atoms with E-state index in [4.69, 9.17) is 15.2 Å². The highest BCUT2D eigenvalue weighted by atomic mass is 19.1. The van der Waals surface area contributed by atoms with Crippen LogP contribution < -0.4 is 15.2 Å². The molecular weight excluding hydrogens is 247 g/mol. The molecule has 0 aliphatic heterocycles. The third kappa shape index (κ3) is 3.20. The first kappa shape index (κ1) is 13.3. The number of fused-ring (bicyclic) bond motifs is 1. The quantitative estimate of drug-likeness (QED) is 0.899. The Kier molecular flexibility index (Phi) is 4.30. The zero-order valence-electron chi connectivity index (χ0n) is 10.6. The first-order valence-corrected chi connectivity index (χ1v) is 5.82. The molecule has 0 spiro atoms. The molecule has 2 N–H and O–H groups in total. The Morgan fingerprint density at radius 1 is 1.37 bits per heavy atom. The van der Waals surface area contributed by atoms with Crippen LogP contribution in [0.25, 0.3) is 10.9 Å². The number of benzene rings is 1. The SMILES string of the molecule is COc1ccc2cc(OC/C(=C/F)CN)ccc2n1. The van der Waals surface area contributed by atoms with Crippen LogP contribution in [0.1, 0.15) is 0 Å². The third-order valence-corrected chi connectivity index (χ3v) is 2.68. The molecule has 0 radical (unpaired) electrons. The molecule has 4 nitrogen and oxygen atoms in total. The van der Waals surface area contributed by atoms with Crippen molar-refractivity contribution in [1.29, 1.82) is 0 Å². The van der Waals surface area contributed by atoms with Crippen molar-refractivity contribution in [2.75, 3.05) is 20.3 Å². The first-order valence-electron chi connectivity index (χ1n) is 5.82. The molecule has 0 unspecified atom stereocenters. The number of methoxy groups -OCH3 is 1. The predicted octanol–water partition coefficient (Wildman–Crippen LogP) is 2.43. The number of pyridine rings is 1. The Balaban J connectivity index is 2.17. The lowest BCUT2D eigenvalue weighted by atomic mass is 10.2. The molecule has 0 amide bonds. The van der Waals surface area contributed by atoms with Gasteiger partial charge in [0, 0.05) is 23.6 Å². The molecule has 5 heteroatoms. The van der Waals surface area contributed by atoms with Gasteiger partial charge in [-0.25, -0.2) is 9.37 Å². The van der Waals surface area contributed by atoms with Gasteiger partial charge in [0.2, 0.25) is 5.88 Å². The predicted molar refractivity (Wildman–Crippen MR) is 72.0 cm³/mol. The van der Waals surface area contributed by atoms with Crippen LogP contribution in [0.2, 0.25) is 0 Å². The summed E-state index contributed by atoms with van der Waals surface area (Å²) in [5, 5.41) is 0.928. The summed E-state index contributed by atoms with van der Waals surface area (Å²) in [6.45, 7) is 0.283. The van der Waals surface area contributed by atoms with Crippen molar-refractivity contribution in [3.63, 3.8) is 0 Å². The summed E-state index contributed by atoms with van der Waals surface area (Å²) in [4.78, 5) is 4.29. The summed E-state index contributed by atoms with van der Waals surface area (Å²) < 4.78 is 22.9. The monoisotopic (exact) mass is 262 g/mol. The smallest absolute Gasteiger partial charge is 0.213 e. The van der Waals surface area contributed by atoms with Crippen molar-refractivity contribution >= 4 is 10.9 Å². The minimum atomic E-state index is 0.141. The van der Waals surface area contributed by atoms with E-state index in [9.17, 15) is 4.39 Å². The van der Waals surface area contributed by atoms with E-state index >= 15 is 0 Å². The summed E-state index contributed by atoms with van der Waals surface area (Å²) in [7, 11) is 1.57. The van der Waals surface area contributed by atoms with E-state index < -0.39 is 0 Å². The minimum absolute atomic E-state index is 0.141. The molecule has 0 bridgehead atoms. The van der Waals surface area contributed by atoms with Gasteiger partial charge in [0.25, 0.3) is 0 Å². The maximum Gasteiger partial charge on any atom is 0.213 e. The lowest BCUT2D eigenvalue weighted by molar-refractivity contribution is 0.348. The van der Waals surface area contributed by atoms with Crippen LogP contribution in [-0.2, 0) is 0 Å². The Hall–Kier alpha value is -2.14. The van der Waals surface area contributed by atoms with Crippen LogP contribution in [0.3, 0.4) is 0 Å². The number of rotatable bonds is 5. The van der Waals surface area contributed by atoms with E-state index in [1.54, 1.807) is 19.2 Å². The number of hydrogen-bond acceptors (Lipinski definition) is 4. The molecule has 1 heterocycles. The van der Waals surface area contributed by atoms with Crippen LogP contribution in [0.5, 0.6) is 11.6 Å². The van der Waals surface area contributed by atoms with Crippen molar-refractivity contribution in [3.05, 3.63) is 42.2 Å². The van der Waals surface area contributed by atoms with Crippen molar-refractivity contribution in [1.82, 2.24) is 4.98 Å². The first-order chi connectivity index (χ1) is 9.26. The van der Waals surface area contributed by atoms with Crippen molar-refractivity contribution in [3.8, 4) is 11.6 Å². The van der Waals surface area contributed by atoms with E-state index in [0.29, 0.717) is 23.5 Å². The highest BCUT2D eigenvalue weighted by molar-refractivity contribution is 5.80. The maximum absolute atomic E-state index is 12.4. The molecule has 0 saturated carbocycles. The van der Waals surface area contributed by atoms with Gasteiger partial charge in [-0.3, -0.25) is 0 Å². The molecule has 0 atom stereocenters. The molecule has 0 aliphatic carbocycles. The summed E-state index contributed by atoms with van der Waals surface area (Å²) in [6.07, 6.45) is 0.480. The van der Waals surface area contributed by atoms with Crippen molar-refractivity contribution < 1.29 is 13.9 Å². The number of nitrogens with two attached hydrogens (primary N) is 1. The van der Waals surface area contributed by atoms with E-state index in [2.05, 4.69) is 4.98 Å². The minimum Gasteiger partial charge on any atom is -0.489 e. The molecule has 1 aromatic carbocycles. The Morgan fingerprint density at radius 2 is 2.21 bits per heavy atom. The van der Waals surface area contributed by atoms with Gasteiger partial charge in [-0.15, -0.1) is 0 Å². The van der Waals surface area contributed by atoms with Gasteiger partial charge >= 0.3 is 0 Å². The average molecular weight is 262 g/mol. The van der Waals surface area contributed by atoms with Crippen LogP contribution in [-0.4, -0.2) is 25.2 Å². The molecule has 0 aliphatic rings. The van der Waals surface area contributed by atoms with Gasteiger partial charge in [0.1, 0.15) is 12.4 Å². The highest BCUT2D eigenvalue weighted by Crippen LogP contribution is 2.22. The number of aromatic nitrogens is 1. The number of halogens is 1. The molecule has 100 valence electrons. The molecule has 2 rings (SSSR count). The largest absolute Gasteiger partial charge is 0.489 e. The third-order valence-electron chi connectivity index (χ3n) is 2.68. The maximum atomic E-state index is 12.4. The highest BCUT2D eigenvalue weighted by Gasteiger charge is 2.02. The lowest BCUT2D eigenvalue weighted by Crippen LogP contribution is -2.10. The summed E-state index contributed by atoms with van der Waals surface area (Å²) >= 11 is 0. The van der Waals surface area contributed by atoms with Gasteiger partial charge in [-0.1, -0.05) is 0 Å². The second-order valence-corrected chi connectivity index (χ2v) is 3.97. The fourth-order valence-corrected chi connectivity index (χ4v) is 1.60. The Labute approximate surface area is 110 Å². The fourth-order valence-electron chi connectivity index (χ4n) is 1.60. The van der Waals surface area contributed by atoms with E-state index in [1.807, 2.05) is 18.2 Å². The van der Waals surface area contributed by atoms with Crippen LogP contribution in [0.4, 0.5) is 4.39 Å². The van der Waals surface area contributed by atoms with Gasteiger partial charge in [0.05, 0.1) is 19.0 Å². The van der Waals surface area contributed by atoms with Gasteiger partial charge in [0.15, 0.2) is 0 Å². The van der Waals surface area contributed by atoms with Crippen LogP contribution in [0, 0.1) is 0 Å². The van der Waals surface area contributed by atoms with Crippen LogP contribution in [0.15, 0.2) is 42.2 Å². The Bertz CT molecular complexity index is 599. The average Bonchev–Trinajstić information content (AvgIpc) is 2.47. The normalized spacial score (nSPS) is 11.6. The molecule has 2 aromatic rings. The van der Waals surface area contributed by atoms with Gasteiger partial charge in [-0.2, -0.15) is 0 Å². The van der Waals surface area contributed by atoms with Gasteiger partial charge in [-0.05, 0) is 24.3 Å². The summed E-state index contributed by atoms with van der Waals surface area (Å²) in [5.74, 6) is 1.21. The standard InChI is InChI=1S/C14H15FN2O2/c1-18-14-5-2-11-6-12(3-4-13(11)17-14)19-9-10(7-15)8-16/h2-7H,8-9,16H2,1H3/b10-7+. The molecule has 0 saturated heterocycles. The fraction of sp³-hybridized carbons (Fsp3) is 0.214. The Morgan fingerprint density at radius 3 is 2.89 bits per heavy atom. The second-order valence-electron chi connectivity index (χ2n) is 3.97. The zero-order chi connectivity index (χ0) is 13.7. The van der Waals surface area contributed by atoms with E-state index in [0.717, 1.165) is 10.9 Å². The van der Waals surface area contributed by atoms with E-state index in [-0.39, 0.29) is 13.2 Å². The zero-order valence-corrected chi connectivity index (χ0v) is 10.6. The summed E-state index contributed by atoms with van der Waals surface area (Å²) in [6, 6.07) is 9.12. The number of nitrogens with zero attached hydrogens (tertiary/aromatic N) is 1. The number of hydrogen-bond donors (Lipinski definition) is 1. The van der Waals surface area contributed by atoms with Crippen molar-refractivity contribution in [2.45, 2.75) is 0 Å². The molecule has 19 heavy (non-hydrogen) atoms. The van der Waals surface area contributed by atoms with Gasteiger partial charge < -0.3 is 15.2 Å². The van der Waals surface area contributed by atoms with Crippen LogP contribution >= 0.6 is 0 Å². The molecule has 0 fully saturated rings. The topological polar surface area (TPSA) is 57.4 Å². The summed E-state index contributed by atoms with van der Waals surface area (Å²) in [5.41, 5.74) is 6.58. The second kappa shape index (κ2) is 6.15. The molecule has 1 aromatic heterocycles. The van der Waals surface area contributed by atoms with E-state index in [1.165, 1.54) is 0 Å². The molecular formula is C14H15FN2O2. The number of ether oxygens (including phenoxy) is 2.